The van der Waals surface area contributed by atoms with Gasteiger partial charge < -0.3 is 15.8 Å². The fraction of sp³-hybridized carbons (Fsp3) is 0.750. The van der Waals surface area contributed by atoms with E-state index in [-0.39, 0.29) is 24.9 Å². The lowest BCUT2D eigenvalue weighted by Crippen LogP contribution is -2.44. The first kappa shape index (κ1) is 17.0. The van der Waals surface area contributed by atoms with Crippen LogP contribution in [0.15, 0.2) is 0 Å². The summed E-state index contributed by atoms with van der Waals surface area (Å²) < 4.78 is 4.55. The number of amides is 1. The minimum Gasteiger partial charge on any atom is -0.467 e. The highest BCUT2D eigenvalue weighted by Crippen LogP contribution is 2.02. The number of thioether (sulfide) groups is 1. The van der Waals surface area contributed by atoms with Gasteiger partial charge in [-0.3, -0.25) is 4.79 Å². The Bertz CT molecular complexity index is 204. The molecule has 0 saturated heterocycles. The quantitative estimate of drug-likeness (QED) is 0.642. The third kappa shape index (κ3) is 7.47. The van der Waals surface area contributed by atoms with E-state index >= 15 is 0 Å². The van der Waals surface area contributed by atoms with Crippen molar-refractivity contribution in [3.8, 4) is 0 Å². The Morgan fingerprint density at radius 2 is 2.13 bits per heavy atom. The minimum absolute atomic E-state index is 0. The van der Waals surface area contributed by atoms with Crippen LogP contribution >= 0.6 is 24.2 Å². The van der Waals surface area contributed by atoms with E-state index < -0.39 is 12.0 Å². The SMILES string of the molecule is COC(=O)[C@H](CCSC)NC(=O)CN.Cl. The zero-order chi connectivity index (χ0) is 11.0. The highest BCUT2D eigenvalue weighted by Gasteiger charge is 2.19. The van der Waals surface area contributed by atoms with E-state index in [0.717, 1.165) is 5.75 Å². The zero-order valence-corrected chi connectivity index (χ0v) is 10.5. The average molecular weight is 257 g/mol. The van der Waals surface area contributed by atoms with Crippen LogP contribution in [0.25, 0.3) is 0 Å². The predicted molar refractivity (Wildman–Crippen MR) is 63.2 cm³/mol. The standard InChI is InChI=1S/C8H16N2O3S.ClH/c1-13-8(12)6(3-4-14-2)10-7(11)5-9;/h6H,3-5,9H2,1-2H3,(H,10,11);1H/t6-;/m0./s1. The van der Waals surface area contributed by atoms with Crippen LogP contribution in [0.3, 0.4) is 0 Å². The van der Waals surface area contributed by atoms with Gasteiger partial charge in [0.05, 0.1) is 13.7 Å². The summed E-state index contributed by atoms with van der Waals surface area (Å²) in [6, 6.07) is -0.580. The third-order valence-electron chi connectivity index (χ3n) is 1.62. The Kier molecular flexibility index (Phi) is 11.4. The Hall–Kier alpha value is -0.460. The maximum atomic E-state index is 11.2. The van der Waals surface area contributed by atoms with Gasteiger partial charge >= 0.3 is 5.97 Å². The molecule has 0 rings (SSSR count). The molecular formula is C8H17ClN2O3S. The van der Waals surface area contributed by atoms with Gasteiger partial charge in [-0.2, -0.15) is 11.8 Å². The van der Waals surface area contributed by atoms with Crippen molar-refractivity contribution in [2.24, 2.45) is 5.73 Å². The van der Waals surface area contributed by atoms with Crippen LogP contribution in [0.2, 0.25) is 0 Å². The summed E-state index contributed by atoms with van der Waals surface area (Å²) in [4.78, 5) is 22.1. The first-order valence-electron chi connectivity index (χ1n) is 4.21. The fourth-order valence-electron chi connectivity index (χ4n) is 0.880. The molecule has 1 amide bonds. The molecule has 0 aromatic rings. The van der Waals surface area contributed by atoms with Gasteiger partial charge in [0.1, 0.15) is 6.04 Å². The number of hydrogen-bond donors (Lipinski definition) is 2. The summed E-state index contributed by atoms with van der Waals surface area (Å²) in [6.07, 6.45) is 2.48. The Labute approximate surface area is 99.9 Å². The number of nitrogens with two attached hydrogens (primary N) is 1. The lowest BCUT2D eigenvalue weighted by molar-refractivity contribution is -0.144. The molecule has 15 heavy (non-hydrogen) atoms. The number of halogens is 1. The number of hydrogen-bond acceptors (Lipinski definition) is 5. The van der Waals surface area contributed by atoms with Crippen molar-refractivity contribution in [2.75, 3.05) is 25.7 Å². The largest absolute Gasteiger partial charge is 0.467 e. The normalized spacial score (nSPS) is 11.1. The second-order valence-corrected chi connectivity index (χ2v) is 3.61. The van der Waals surface area contributed by atoms with Gasteiger partial charge in [0.2, 0.25) is 5.91 Å². The molecule has 0 aliphatic rings. The lowest BCUT2D eigenvalue weighted by Gasteiger charge is -2.15. The number of nitrogens with one attached hydrogen (secondary N) is 1. The molecule has 90 valence electrons. The number of esters is 1. The Balaban J connectivity index is 0. The van der Waals surface area contributed by atoms with Crippen molar-refractivity contribution in [1.29, 1.82) is 0 Å². The van der Waals surface area contributed by atoms with E-state index in [0.29, 0.717) is 6.42 Å². The van der Waals surface area contributed by atoms with Crippen LogP contribution in [0.1, 0.15) is 6.42 Å². The second-order valence-electron chi connectivity index (χ2n) is 2.63. The molecule has 1 atom stereocenters. The van der Waals surface area contributed by atoms with E-state index in [2.05, 4.69) is 10.1 Å². The molecule has 0 aliphatic carbocycles. The molecule has 0 aromatic heterocycles. The number of methoxy groups -OCH3 is 1. The van der Waals surface area contributed by atoms with E-state index in [1.54, 1.807) is 11.8 Å². The first-order chi connectivity index (χ1) is 6.65. The van der Waals surface area contributed by atoms with Crippen molar-refractivity contribution in [2.45, 2.75) is 12.5 Å². The van der Waals surface area contributed by atoms with E-state index in [1.165, 1.54) is 7.11 Å². The topological polar surface area (TPSA) is 81.4 Å². The summed E-state index contributed by atoms with van der Waals surface area (Å²) in [5.74, 6) is 0.00676. The zero-order valence-electron chi connectivity index (χ0n) is 8.82. The van der Waals surface area contributed by atoms with Crippen LogP contribution in [0.5, 0.6) is 0 Å². The smallest absolute Gasteiger partial charge is 0.328 e. The van der Waals surface area contributed by atoms with Gasteiger partial charge in [-0.05, 0) is 18.4 Å². The molecule has 0 bridgehead atoms. The van der Waals surface area contributed by atoms with Crippen molar-refractivity contribution in [1.82, 2.24) is 5.32 Å². The predicted octanol–water partition coefficient (Wildman–Crippen LogP) is -0.222. The number of ether oxygens (including phenoxy) is 1. The summed E-state index contributed by atoms with van der Waals surface area (Å²) in [5.41, 5.74) is 5.12. The second kappa shape index (κ2) is 10.1. The first-order valence-corrected chi connectivity index (χ1v) is 5.61. The molecule has 0 aromatic carbocycles. The number of rotatable bonds is 6. The monoisotopic (exact) mass is 256 g/mol. The molecule has 0 heterocycles. The molecule has 0 fully saturated rings. The molecule has 3 N–H and O–H groups in total. The molecule has 0 saturated carbocycles. The summed E-state index contributed by atoms with van der Waals surface area (Å²) in [7, 11) is 1.29. The maximum absolute atomic E-state index is 11.2. The van der Waals surface area contributed by atoms with Crippen molar-refractivity contribution < 1.29 is 14.3 Å². The number of carbonyl (C=O) groups excluding carboxylic acids is 2. The van der Waals surface area contributed by atoms with Crippen molar-refractivity contribution in [3.63, 3.8) is 0 Å². The minimum atomic E-state index is -0.580. The van der Waals surface area contributed by atoms with Gasteiger partial charge in [-0.1, -0.05) is 0 Å². The molecule has 7 heteroatoms. The summed E-state index contributed by atoms with van der Waals surface area (Å²) in [6.45, 7) is -0.118. The van der Waals surface area contributed by atoms with Gasteiger partial charge in [0.15, 0.2) is 0 Å². The maximum Gasteiger partial charge on any atom is 0.328 e. The van der Waals surface area contributed by atoms with E-state index in [1.807, 2.05) is 6.26 Å². The molecule has 5 nitrogen and oxygen atoms in total. The van der Waals surface area contributed by atoms with Gasteiger partial charge in [-0.25, -0.2) is 4.79 Å². The molecular weight excluding hydrogens is 240 g/mol. The highest BCUT2D eigenvalue weighted by atomic mass is 35.5. The third-order valence-corrected chi connectivity index (χ3v) is 2.26. The Morgan fingerprint density at radius 3 is 2.53 bits per heavy atom. The van der Waals surface area contributed by atoms with Crippen LogP contribution < -0.4 is 11.1 Å². The Morgan fingerprint density at radius 1 is 1.53 bits per heavy atom. The van der Waals surface area contributed by atoms with E-state index in [9.17, 15) is 9.59 Å². The van der Waals surface area contributed by atoms with Gasteiger partial charge in [0.25, 0.3) is 0 Å². The van der Waals surface area contributed by atoms with Gasteiger partial charge in [-0.15, -0.1) is 12.4 Å². The van der Waals surface area contributed by atoms with Crippen LogP contribution in [0, 0.1) is 0 Å². The molecule has 0 unspecified atom stereocenters. The molecule has 0 radical (unpaired) electrons. The van der Waals surface area contributed by atoms with Crippen LogP contribution in [-0.4, -0.2) is 43.6 Å². The van der Waals surface area contributed by atoms with E-state index in [4.69, 9.17) is 5.73 Å². The van der Waals surface area contributed by atoms with Crippen LogP contribution in [-0.2, 0) is 14.3 Å². The lowest BCUT2D eigenvalue weighted by atomic mass is 10.2. The summed E-state index contributed by atoms with van der Waals surface area (Å²) in [5, 5.41) is 2.50. The molecule has 0 aliphatic heterocycles. The fourth-order valence-corrected chi connectivity index (χ4v) is 1.35. The van der Waals surface area contributed by atoms with Gasteiger partial charge in [0, 0.05) is 0 Å². The summed E-state index contributed by atoms with van der Waals surface area (Å²) >= 11 is 1.60. The molecule has 0 spiro atoms. The highest BCUT2D eigenvalue weighted by molar-refractivity contribution is 7.98. The van der Waals surface area contributed by atoms with Crippen molar-refractivity contribution in [3.05, 3.63) is 0 Å². The van der Waals surface area contributed by atoms with Crippen LogP contribution in [0.4, 0.5) is 0 Å². The van der Waals surface area contributed by atoms with Crippen molar-refractivity contribution >= 4 is 36.0 Å². The number of carbonyl (C=O) groups is 2. The average Bonchev–Trinajstić information content (AvgIpc) is 2.22.